The van der Waals surface area contributed by atoms with Crippen LogP contribution in [0.5, 0.6) is 5.88 Å². The molecule has 0 atom stereocenters. The minimum Gasteiger partial charge on any atom is -0.493 e. The van der Waals surface area contributed by atoms with Gasteiger partial charge in [-0.15, -0.1) is 0 Å². The van der Waals surface area contributed by atoms with Gasteiger partial charge in [0.25, 0.3) is 0 Å². The van der Waals surface area contributed by atoms with Crippen molar-refractivity contribution < 1.29 is 5.11 Å². The minimum absolute atomic E-state index is 0.0457. The van der Waals surface area contributed by atoms with E-state index in [1.807, 2.05) is 24.6 Å². The number of nitrogens with zero attached hydrogens (tertiary/aromatic N) is 3. The summed E-state index contributed by atoms with van der Waals surface area (Å²) < 4.78 is 1.86. The predicted molar refractivity (Wildman–Crippen MR) is 49.6 cm³/mol. The quantitative estimate of drug-likeness (QED) is 0.721. The molecule has 0 radical (unpaired) electrons. The van der Waals surface area contributed by atoms with E-state index in [1.54, 1.807) is 12.4 Å². The number of fused-ring (bicyclic) bond motifs is 1. The predicted octanol–water partition coefficient (Wildman–Crippen LogP) is 1.72. The Labute approximate surface area is 75.8 Å². The molecule has 4 nitrogen and oxygen atoms in total. The standard InChI is InChI=1S/C9H11N3O/c1-6(2)12-8-3-4-10-9(13)7(8)5-11-12/h3-6H,1-2H3,(H,10,13). The number of hydrogen-bond donors (Lipinski definition) is 1. The first-order valence-corrected chi connectivity index (χ1v) is 4.21. The van der Waals surface area contributed by atoms with Gasteiger partial charge in [-0.05, 0) is 19.9 Å². The molecule has 0 aliphatic carbocycles. The summed E-state index contributed by atoms with van der Waals surface area (Å²) in [5.74, 6) is 0.0457. The number of aromatic hydroxyl groups is 1. The second-order valence-electron chi connectivity index (χ2n) is 3.25. The van der Waals surface area contributed by atoms with E-state index in [2.05, 4.69) is 10.1 Å². The molecular formula is C9H11N3O. The van der Waals surface area contributed by atoms with Crippen LogP contribution in [0.2, 0.25) is 0 Å². The summed E-state index contributed by atoms with van der Waals surface area (Å²) in [4.78, 5) is 3.78. The summed E-state index contributed by atoms with van der Waals surface area (Å²) >= 11 is 0. The lowest BCUT2D eigenvalue weighted by Gasteiger charge is -2.06. The fraction of sp³-hybridized carbons (Fsp3) is 0.333. The molecule has 2 aromatic heterocycles. The van der Waals surface area contributed by atoms with E-state index in [1.165, 1.54) is 0 Å². The topological polar surface area (TPSA) is 50.9 Å². The monoisotopic (exact) mass is 177 g/mol. The Balaban J connectivity index is 2.75. The van der Waals surface area contributed by atoms with Gasteiger partial charge in [0, 0.05) is 12.2 Å². The highest BCUT2D eigenvalue weighted by atomic mass is 16.3. The van der Waals surface area contributed by atoms with Gasteiger partial charge in [0.05, 0.1) is 17.1 Å². The summed E-state index contributed by atoms with van der Waals surface area (Å²) in [5.41, 5.74) is 0.919. The van der Waals surface area contributed by atoms with E-state index >= 15 is 0 Å². The second kappa shape index (κ2) is 2.73. The molecule has 0 amide bonds. The molecule has 0 aromatic carbocycles. The zero-order valence-electron chi connectivity index (χ0n) is 7.60. The Bertz CT molecular complexity index is 433. The maximum atomic E-state index is 9.40. The molecule has 4 heteroatoms. The zero-order valence-corrected chi connectivity index (χ0v) is 7.60. The van der Waals surface area contributed by atoms with E-state index in [4.69, 9.17) is 0 Å². The summed E-state index contributed by atoms with van der Waals surface area (Å²) in [5, 5.41) is 14.3. The van der Waals surface area contributed by atoms with Gasteiger partial charge in [-0.3, -0.25) is 4.68 Å². The van der Waals surface area contributed by atoms with Gasteiger partial charge >= 0.3 is 0 Å². The summed E-state index contributed by atoms with van der Waals surface area (Å²) in [7, 11) is 0. The van der Waals surface area contributed by atoms with Crippen molar-refractivity contribution in [2.75, 3.05) is 0 Å². The highest BCUT2D eigenvalue weighted by molar-refractivity contribution is 5.82. The lowest BCUT2D eigenvalue weighted by atomic mass is 10.3. The smallest absolute Gasteiger partial charge is 0.222 e. The number of rotatable bonds is 1. The van der Waals surface area contributed by atoms with Crippen LogP contribution in [0.25, 0.3) is 10.9 Å². The maximum absolute atomic E-state index is 9.40. The fourth-order valence-corrected chi connectivity index (χ4v) is 1.37. The molecule has 2 heterocycles. The van der Waals surface area contributed by atoms with Crippen LogP contribution >= 0.6 is 0 Å². The van der Waals surface area contributed by atoms with Gasteiger partial charge in [-0.1, -0.05) is 0 Å². The number of pyridine rings is 1. The third-order valence-corrected chi connectivity index (χ3v) is 1.99. The molecule has 0 saturated carbocycles. The molecule has 0 aliphatic rings. The molecule has 0 spiro atoms. The van der Waals surface area contributed by atoms with Crippen LogP contribution in [-0.4, -0.2) is 19.9 Å². The SMILES string of the molecule is CC(C)n1ncc2c(O)nccc21. The summed E-state index contributed by atoms with van der Waals surface area (Å²) in [6, 6.07) is 2.14. The van der Waals surface area contributed by atoms with Crippen LogP contribution in [0.15, 0.2) is 18.5 Å². The van der Waals surface area contributed by atoms with Crippen LogP contribution in [-0.2, 0) is 0 Å². The zero-order chi connectivity index (χ0) is 9.42. The Morgan fingerprint density at radius 1 is 1.46 bits per heavy atom. The Kier molecular flexibility index (Phi) is 1.69. The van der Waals surface area contributed by atoms with Crippen molar-refractivity contribution in [3.05, 3.63) is 18.5 Å². The van der Waals surface area contributed by atoms with Crippen LogP contribution < -0.4 is 0 Å². The van der Waals surface area contributed by atoms with Crippen molar-refractivity contribution in [2.24, 2.45) is 0 Å². The number of hydrogen-bond acceptors (Lipinski definition) is 3. The Morgan fingerprint density at radius 2 is 2.23 bits per heavy atom. The molecule has 0 bridgehead atoms. The Morgan fingerprint density at radius 3 is 2.92 bits per heavy atom. The van der Waals surface area contributed by atoms with Crippen LogP contribution in [0.4, 0.5) is 0 Å². The molecule has 68 valence electrons. The Hall–Kier alpha value is -1.58. The molecule has 2 aromatic rings. The molecule has 0 aliphatic heterocycles. The van der Waals surface area contributed by atoms with Crippen molar-refractivity contribution in [2.45, 2.75) is 19.9 Å². The van der Waals surface area contributed by atoms with Gasteiger partial charge in [-0.25, -0.2) is 4.98 Å². The molecule has 0 saturated heterocycles. The number of aromatic nitrogens is 3. The van der Waals surface area contributed by atoms with E-state index in [0.29, 0.717) is 11.4 Å². The molecule has 2 rings (SSSR count). The first-order valence-electron chi connectivity index (χ1n) is 4.21. The molecule has 13 heavy (non-hydrogen) atoms. The fourth-order valence-electron chi connectivity index (χ4n) is 1.37. The average Bonchev–Trinajstić information content (AvgIpc) is 2.48. The molecule has 0 fully saturated rings. The third-order valence-electron chi connectivity index (χ3n) is 1.99. The van der Waals surface area contributed by atoms with Gasteiger partial charge in [-0.2, -0.15) is 5.10 Å². The van der Waals surface area contributed by atoms with Crippen molar-refractivity contribution >= 4 is 10.9 Å². The lowest BCUT2D eigenvalue weighted by Crippen LogP contribution is -2.01. The van der Waals surface area contributed by atoms with Crippen molar-refractivity contribution in [3.63, 3.8) is 0 Å². The minimum atomic E-state index is 0.0457. The second-order valence-corrected chi connectivity index (χ2v) is 3.25. The molecular weight excluding hydrogens is 166 g/mol. The van der Waals surface area contributed by atoms with E-state index < -0.39 is 0 Å². The first kappa shape index (κ1) is 8.04. The highest BCUT2D eigenvalue weighted by Gasteiger charge is 2.08. The average molecular weight is 177 g/mol. The third kappa shape index (κ3) is 1.14. The largest absolute Gasteiger partial charge is 0.493 e. The van der Waals surface area contributed by atoms with Gasteiger partial charge in [0.1, 0.15) is 0 Å². The molecule has 1 N–H and O–H groups in total. The summed E-state index contributed by atoms with van der Waals surface area (Å²) in [6.07, 6.45) is 3.22. The van der Waals surface area contributed by atoms with E-state index in [-0.39, 0.29) is 5.88 Å². The van der Waals surface area contributed by atoms with Crippen molar-refractivity contribution in [3.8, 4) is 5.88 Å². The highest BCUT2D eigenvalue weighted by Crippen LogP contribution is 2.22. The van der Waals surface area contributed by atoms with Gasteiger partial charge in [0.2, 0.25) is 5.88 Å². The van der Waals surface area contributed by atoms with Crippen LogP contribution in [0, 0.1) is 0 Å². The first-order chi connectivity index (χ1) is 6.20. The van der Waals surface area contributed by atoms with Crippen molar-refractivity contribution in [1.82, 2.24) is 14.8 Å². The lowest BCUT2D eigenvalue weighted by molar-refractivity contribution is 0.460. The maximum Gasteiger partial charge on any atom is 0.222 e. The van der Waals surface area contributed by atoms with Crippen LogP contribution in [0.1, 0.15) is 19.9 Å². The van der Waals surface area contributed by atoms with Crippen LogP contribution in [0.3, 0.4) is 0 Å². The molecule has 0 unspecified atom stereocenters. The summed E-state index contributed by atoms with van der Waals surface area (Å²) in [6.45, 7) is 4.09. The van der Waals surface area contributed by atoms with Crippen molar-refractivity contribution in [1.29, 1.82) is 0 Å². The van der Waals surface area contributed by atoms with E-state index in [0.717, 1.165) is 5.52 Å². The van der Waals surface area contributed by atoms with E-state index in [9.17, 15) is 5.11 Å². The van der Waals surface area contributed by atoms with Gasteiger partial charge < -0.3 is 5.11 Å². The normalized spacial score (nSPS) is 11.3. The van der Waals surface area contributed by atoms with Gasteiger partial charge in [0.15, 0.2) is 0 Å².